The molecular formula is C19H15Cl2N3OS. The van der Waals surface area contributed by atoms with E-state index < -0.39 is 0 Å². The molecule has 1 aromatic heterocycles. The van der Waals surface area contributed by atoms with Crippen LogP contribution in [-0.2, 0) is 4.79 Å². The Hall–Kier alpha value is -2.08. The Balaban J connectivity index is 1.60. The highest BCUT2D eigenvalue weighted by Gasteiger charge is 2.05. The van der Waals surface area contributed by atoms with Gasteiger partial charge in [0, 0.05) is 20.9 Å². The number of carbonyl (C=O) groups excluding carboxylic acids is 1. The van der Waals surface area contributed by atoms with Gasteiger partial charge in [-0.15, -0.1) is 11.8 Å². The summed E-state index contributed by atoms with van der Waals surface area (Å²) in [5.41, 5.74) is 5.09. The molecule has 4 nitrogen and oxygen atoms in total. The van der Waals surface area contributed by atoms with E-state index >= 15 is 0 Å². The lowest BCUT2D eigenvalue weighted by Crippen LogP contribution is -2.19. The van der Waals surface area contributed by atoms with Gasteiger partial charge in [-0.3, -0.25) is 4.79 Å². The second-order valence-electron chi connectivity index (χ2n) is 5.60. The lowest BCUT2D eigenvalue weighted by Gasteiger charge is -2.03. The van der Waals surface area contributed by atoms with Gasteiger partial charge in [0.2, 0.25) is 5.91 Å². The number of aryl methyl sites for hydroxylation is 1. The zero-order valence-electron chi connectivity index (χ0n) is 13.9. The second-order valence-corrected chi connectivity index (χ2v) is 7.44. The third-order valence-electron chi connectivity index (χ3n) is 3.53. The van der Waals surface area contributed by atoms with Crippen LogP contribution in [0.5, 0.6) is 0 Å². The number of hydrogen-bond acceptors (Lipinski definition) is 4. The van der Waals surface area contributed by atoms with Gasteiger partial charge in [0.15, 0.2) is 0 Å². The number of benzene rings is 2. The molecule has 132 valence electrons. The van der Waals surface area contributed by atoms with E-state index in [1.54, 1.807) is 12.1 Å². The molecule has 0 saturated carbocycles. The molecule has 0 aliphatic heterocycles. The molecular weight excluding hydrogens is 389 g/mol. The molecule has 0 aliphatic rings. The minimum Gasteiger partial charge on any atom is -0.272 e. The van der Waals surface area contributed by atoms with E-state index in [4.69, 9.17) is 23.2 Å². The molecule has 7 heteroatoms. The van der Waals surface area contributed by atoms with Crippen LogP contribution < -0.4 is 5.43 Å². The molecule has 0 unspecified atom stereocenters. The van der Waals surface area contributed by atoms with E-state index in [9.17, 15) is 4.79 Å². The van der Waals surface area contributed by atoms with E-state index in [-0.39, 0.29) is 11.7 Å². The Labute approximate surface area is 165 Å². The molecule has 1 heterocycles. The van der Waals surface area contributed by atoms with Crippen molar-refractivity contribution in [2.75, 3.05) is 5.75 Å². The van der Waals surface area contributed by atoms with Crippen molar-refractivity contribution in [1.82, 2.24) is 10.4 Å². The van der Waals surface area contributed by atoms with Crippen LogP contribution in [0.15, 0.2) is 58.5 Å². The van der Waals surface area contributed by atoms with Crippen molar-refractivity contribution in [1.29, 1.82) is 0 Å². The average Bonchev–Trinajstić information content (AvgIpc) is 2.62. The van der Waals surface area contributed by atoms with Gasteiger partial charge in [-0.05, 0) is 48.9 Å². The lowest BCUT2D eigenvalue weighted by molar-refractivity contribution is -0.118. The van der Waals surface area contributed by atoms with Gasteiger partial charge < -0.3 is 0 Å². The first-order chi connectivity index (χ1) is 12.5. The molecule has 1 N–H and O–H groups in total. The monoisotopic (exact) mass is 403 g/mol. The number of halogens is 2. The number of thioether (sulfide) groups is 1. The SMILES string of the molecule is Cc1ccc2cc(/C=N\NC(=O)CSc3ccc(Cl)cc3)c(Cl)nc2c1. The molecule has 0 radical (unpaired) electrons. The van der Waals surface area contributed by atoms with Crippen molar-refractivity contribution in [2.24, 2.45) is 5.10 Å². The molecule has 0 fully saturated rings. The number of amides is 1. The topological polar surface area (TPSA) is 54.4 Å². The maximum Gasteiger partial charge on any atom is 0.250 e. The Morgan fingerprint density at radius 1 is 1.19 bits per heavy atom. The molecule has 0 spiro atoms. The van der Waals surface area contributed by atoms with Crippen LogP contribution in [0.25, 0.3) is 10.9 Å². The molecule has 0 bridgehead atoms. The van der Waals surface area contributed by atoms with Crippen LogP contribution in [0.4, 0.5) is 0 Å². The van der Waals surface area contributed by atoms with E-state index in [0.29, 0.717) is 15.7 Å². The summed E-state index contributed by atoms with van der Waals surface area (Å²) in [4.78, 5) is 17.2. The summed E-state index contributed by atoms with van der Waals surface area (Å²) in [6.45, 7) is 2.00. The van der Waals surface area contributed by atoms with E-state index in [1.165, 1.54) is 18.0 Å². The summed E-state index contributed by atoms with van der Waals surface area (Å²) in [5.74, 6) is 0.0452. The van der Waals surface area contributed by atoms with Crippen molar-refractivity contribution in [3.63, 3.8) is 0 Å². The zero-order chi connectivity index (χ0) is 18.5. The minimum atomic E-state index is -0.207. The number of fused-ring (bicyclic) bond motifs is 1. The Bertz CT molecular complexity index is 974. The van der Waals surface area contributed by atoms with Crippen LogP contribution >= 0.6 is 35.0 Å². The molecule has 2 aromatic carbocycles. The number of pyridine rings is 1. The highest BCUT2D eigenvalue weighted by atomic mass is 35.5. The Morgan fingerprint density at radius 2 is 1.96 bits per heavy atom. The van der Waals surface area contributed by atoms with Crippen LogP contribution in [0.3, 0.4) is 0 Å². The van der Waals surface area contributed by atoms with Crippen LogP contribution in [0, 0.1) is 6.92 Å². The fourth-order valence-corrected chi connectivity index (χ4v) is 3.26. The van der Waals surface area contributed by atoms with Gasteiger partial charge in [-0.1, -0.05) is 35.3 Å². The fourth-order valence-electron chi connectivity index (χ4n) is 2.25. The number of nitrogens with one attached hydrogen (secondary N) is 1. The predicted octanol–water partition coefficient (Wildman–Crippen LogP) is 5.09. The lowest BCUT2D eigenvalue weighted by atomic mass is 10.1. The first kappa shape index (κ1) is 18.7. The average molecular weight is 404 g/mol. The highest BCUT2D eigenvalue weighted by molar-refractivity contribution is 8.00. The van der Waals surface area contributed by atoms with Crippen molar-refractivity contribution in [3.05, 3.63) is 69.8 Å². The first-order valence-corrected chi connectivity index (χ1v) is 9.52. The highest BCUT2D eigenvalue weighted by Crippen LogP contribution is 2.21. The van der Waals surface area contributed by atoms with Crippen molar-refractivity contribution in [2.45, 2.75) is 11.8 Å². The maximum atomic E-state index is 11.9. The van der Waals surface area contributed by atoms with Gasteiger partial charge in [0.25, 0.3) is 0 Å². The summed E-state index contributed by atoms with van der Waals surface area (Å²) in [6, 6.07) is 15.2. The number of rotatable bonds is 5. The van der Waals surface area contributed by atoms with Crippen molar-refractivity contribution >= 4 is 58.0 Å². The molecule has 1 amide bonds. The quantitative estimate of drug-likeness (QED) is 0.279. The van der Waals surface area contributed by atoms with Gasteiger partial charge in [0.1, 0.15) is 5.15 Å². The van der Waals surface area contributed by atoms with Gasteiger partial charge in [-0.25, -0.2) is 10.4 Å². The van der Waals surface area contributed by atoms with Gasteiger partial charge in [0.05, 0.1) is 17.5 Å². The number of nitrogens with zero attached hydrogens (tertiary/aromatic N) is 2. The van der Waals surface area contributed by atoms with E-state index in [0.717, 1.165) is 21.4 Å². The molecule has 0 aliphatic carbocycles. The standard InChI is InChI=1S/C19H15Cl2N3OS/c1-12-2-3-13-9-14(19(21)23-17(13)8-12)10-22-24-18(25)11-26-16-6-4-15(20)5-7-16/h2-10H,11H2,1H3,(H,24,25)/b22-10-. The smallest absolute Gasteiger partial charge is 0.250 e. The summed E-state index contributed by atoms with van der Waals surface area (Å²) in [5, 5.41) is 5.94. The third kappa shape index (κ3) is 4.97. The molecule has 0 saturated heterocycles. The fraction of sp³-hybridized carbons (Fsp3) is 0.105. The Kier molecular flexibility index (Phi) is 6.14. The van der Waals surface area contributed by atoms with E-state index in [2.05, 4.69) is 15.5 Å². The largest absolute Gasteiger partial charge is 0.272 e. The van der Waals surface area contributed by atoms with Crippen LogP contribution in [-0.4, -0.2) is 22.9 Å². The number of hydrazone groups is 1. The van der Waals surface area contributed by atoms with Gasteiger partial charge >= 0.3 is 0 Å². The van der Waals surface area contributed by atoms with Crippen molar-refractivity contribution in [3.8, 4) is 0 Å². The Morgan fingerprint density at radius 3 is 2.73 bits per heavy atom. The normalized spacial score (nSPS) is 11.2. The molecule has 26 heavy (non-hydrogen) atoms. The molecule has 0 atom stereocenters. The van der Waals surface area contributed by atoms with E-state index in [1.807, 2.05) is 43.3 Å². The number of hydrogen-bond donors (Lipinski definition) is 1. The van der Waals surface area contributed by atoms with Crippen LogP contribution in [0.2, 0.25) is 10.2 Å². The zero-order valence-corrected chi connectivity index (χ0v) is 16.2. The summed E-state index contributed by atoms with van der Waals surface area (Å²) in [6.07, 6.45) is 1.50. The summed E-state index contributed by atoms with van der Waals surface area (Å²) in [7, 11) is 0. The summed E-state index contributed by atoms with van der Waals surface area (Å²) >= 11 is 13.4. The predicted molar refractivity (Wildman–Crippen MR) is 109 cm³/mol. The number of carbonyl (C=O) groups is 1. The molecule has 3 rings (SSSR count). The first-order valence-electron chi connectivity index (χ1n) is 7.78. The maximum absolute atomic E-state index is 11.9. The minimum absolute atomic E-state index is 0.207. The summed E-state index contributed by atoms with van der Waals surface area (Å²) < 4.78 is 0. The third-order valence-corrected chi connectivity index (χ3v) is 5.10. The number of aromatic nitrogens is 1. The van der Waals surface area contributed by atoms with Crippen LogP contribution in [0.1, 0.15) is 11.1 Å². The van der Waals surface area contributed by atoms with Gasteiger partial charge in [-0.2, -0.15) is 5.10 Å². The second kappa shape index (κ2) is 8.54. The molecule has 3 aromatic rings. The van der Waals surface area contributed by atoms with Crippen molar-refractivity contribution < 1.29 is 4.79 Å².